The number of hydrogen-bond acceptors (Lipinski definition) is 4. The number of halogens is 3. The summed E-state index contributed by atoms with van der Waals surface area (Å²) >= 11 is 9.61. The molecule has 0 atom stereocenters. The van der Waals surface area contributed by atoms with Crippen molar-refractivity contribution < 1.29 is 18.6 Å². The molecule has 0 radical (unpaired) electrons. The zero-order chi connectivity index (χ0) is 19.6. The number of nitrogens with one attached hydrogen (secondary N) is 1. The lowest BCUT2D eigenvalue weighted by atomic mass is 10.2. The second-order valence-corrected chi connectivity index (χ2v) is 7.11. The average Bonchev–Trinajstić information content (AvgIpc) is 2.63. The van der Waals surface area contributed by atoms with Crippen LogP contribution in [-0.4, -0.2) is 26.9 Å². The van der Waals surface area contributed by atoms with E-state index in [0.29, 0.717) is 35.2 Å². The van der Waals surface area contributed by atoms with E-state index in [1.807, 2.05) is 19.1 Å². The quantitative estimate of drug-likeness (QED) is 0.459. The summed E-state index contributed by atoms with van der Waals surface area (Å²) in [5, 5.41) is 3.70. The molecule has 7 heteroatoms. The number of ether oxygens (including phenoxy) is 3. The molecule has 1 N–H and O–H groups in total. The van der Waals surface area contributed by atoms with Gasteiger partial charge >= 0.3 is 0 Å². The van der Waals surface area contributed by atoms with Gasteiger partial charge in [-0.15, -0.1) is 0 Å². The zero-order valence-corrected chi connectivity index (χ0v) is 17.8. The third kappa shape index (κ3) is 6.64. The van der Waals surface area contributed by atoms with Crippen molar-refractivity contribution in [2.24, 2.45) is 0 Å². The van der Waals surface area contributed by atoms with Crippen LogP contribution in [0.25, 0.3) is 0 Å². The molecule has 4 nitrogen and oxygen atoms in total. The molecule has 0 aliphatic heterocycles. The predicted octanol–water partition coefficient (Wildman–Crippen LogP) is 5.35. The fraction of sp³-hybridized carbons (Fsp3) is 0.400. The van der Waals surface area contributed by atoms with Crippen LogP contribution >= 0.6 is 27.5 Å². The first-order chi connectivity index (χ1) is 13.1. The molecule has 0 aromatic heterocycles. The second kappa shape index (κ2) is 11.5. The SMILES string of the molecule is CCOc1cc(CNCCCOC)cc(Br)c1OCc1c(F)cccc1Cl. The highest BCUT2D eigenvalue weighted by Gasteiger charge is 2.15. The normalized spacial score (nSPS) is 10.9. The van der Waals surface area contributed by atoms with Crippen molar-refractivity contribution in [3.05, 3.63) is 56.8 Å². The molecule has 0 spiro atoms. The van der Waals surface area contributed by atoms with Crippen LogP contribution in [0.3, 0.4) is 0 Å². The lowest BCUT2D eigenvalue weighted by Crippen LogP contribution is -2.16. The van der Waals surface area contributed by atoms with Gasteiger partial charge in [-0.05, 0) is 65.6 Å². The minimum Gasteiger partial charge on any atom is -0.490 e. The van der Waals surface area contributed by atoms with E-state index in [4.69, 9.17) is 25.8 Å². The smallest absolute Gasteiger partial charge is 0.175 e. The zero-order valence-electron chi connectivity index (χ0n) is 15.5. The van der Waals surface area contributed by atoms with Gasteiger partial charge in [0.25, 0.3) is 0 Å². The molecular weight excluding hydrogens is 437 g/mol. The van der Waals surface area contributed by atoms with Gasteiger partial charge in [0, 0.05) is 25.8 Å². The average molecular weight is 461 g/mol. The largest absolute Gasteiger partial charge is 0.490 e. The summed E-state index contributed by atoms with van der Waals surface area (Å²) in [5.41, 5.74) is 1.37. The van der Waals surface area contributed by atoms with Crippen LogP contribution in [0.4, 0.5) is 4.39 Å². The number of benzene rings is 2. The van der Waals surface area contributed by atoms with Crippen molar-refractivity contribution in [2.45, 2.75) is 26.5 Å². The second-order valence-electron chi connectivity index (χ2n) is 5.85. The minimum absolute atomic E-state index is 0.0127. The highest BCUT2D eigenvalue weighted by atomic mass is 79.9. The Morgan fingerprint density at radius 1 is 1.22 bits per heavy atom. The van der Waals surface area contributed by atoms with Crippen LogP contribution < -0.4 is 14.8 Å². The van der Waals surface area contributed by atoms with Crippen molar-refractivity contribution >= 4 is 27.5 Å². The molecule has 0 amide bonds. The first-order valence-corrected chi connectivity index (χ1v) is 9.94. The Hall–Kier alpha value is -1.34. The molecule has 0 bridgehead atoms. The molecular formula is C20H24BrClFNO3. The van der Waals surface area contributed by atoms with Crippen molar-refractivity contribution in [3.8, 4) is 11.5 Å². The summed E-state index contributed by atoms with van der Waals surface area (Å²) in [4.78, 5) is 0. The molecule has 148 valence electrons. The highest BCUT2D eigenvalue weighted by Crippen LogP contribution is 2.38. The maximum absolute atomic E-state index is 14.0. The summed E-state index contributed by atoms with van der Waals surface area (Å²) in [7, 11) is 1.69. The lowest BCUT2D eigenvalue weighted by molar-refractivity contribution is 0.194. The van der Waals surface area contributed by atoms with Gasteiger partial charge in [0.05, 0.1) is 16.1 Å². The van der Waals surface area contributed by atoms with Crippen LogP contribution in [0.5, 0.6) is 11.5 Å². The number of rotatable bonds is 11. The van der Waals surface area contributed by atoms with Crippen molar-refractivity contribution in [1.29, 1.82) is 0 Å². The van der Waals surface area contributed by atoms with Gasteiger partial charge in [-0.3, -0.25) is 0 Å². The summed E-state index contributed by atoms with van der Waals surface area (Å²) < 4.78 is 31.3. The molecule has 0 unspecified atom stereocenters. The summed E-state index contributed by atoms with van der Waals surface area (Å²) in [6.07, 6.45) is 0.945. The monoisotopic (exact) mass is 459 g/mol. The minimum atomic E-state index is -0.395. The molecule has 2 aromatic carbocycles. The fourth-order valence-corrected chi connectivity index (χ4v) is 3.34. The maximum atomic E-state index is 14.0. The van der Waals surface area contributed by atoms with E-state index in [0.717, 1.165) is 29.6 Å². The third-order valence-corrected chi connectivity index (χ3v) is 4.77. The Kier molecular flexibility index (Phi) is 9.34. The Morgan fingerprint density at radius 3 is 2.74 bits per heavy atom. The van der Waals surface area contributed by atoms with E-state index in [1.165, 1.54) is 6.07 Å². The molecule has 0 saturated heterocycles. The van der Waals surface area contributed by atoms with Gasteiger partial charge < -0.3 is 19.5 Å². The molecule has 27 heavy (non-hydrogen) atoms. The summed E-state index contributed by atoms with van der Waals surface area (Å²) in [5.74, 6) is 0.737. The van der Waals surface area contributed by atoms with E-state index >= 15 is 0 Å². The van der Waals surface area contributed by atoms with Crippen molar-refractivity contribution in [3.63, 3.8) is 0 Å². The van der Waals surface area contributed by atoms with E-state index in [-0.39, 0.29) is 6.61 Å². The first-order valence-electron chi connectivity index (χ1n) is 8.77. The summed E-state index contributed by atoms with van der Waals surface area (Å²) in [6, 6.07) is 8.46. The molecule has 0 saturated carbocycles. The third-order valence-electron chi connectivity index (χ3n) is 3.82. The Labute approximate surface area is 173 Å². The van der Waals surface area contributed by atoms with Gasteiger partial charge in [-0.1, -0.05) is 17.7 Å². The fourth-order valence-electron chi connectivity index (χ4n) is 2.52. The molecule has 0 aliphatic rings. The van der Waals surface area contributed by atoms with Gasteiger partial charge in [0.2, 0.25) is 0 Å². The van der Waals surface area contributed by atoms with E-state index in [1.54, 1.807) is 19.2 Å². The maximum Gasteiger partial charge on any atom is 0.175 e. The van der Waals surface area contributed by atoms with E-state index in [2.05, 4.69) is 21.2 Å². The van der Waals surface area contributed by atoms with Gasteiger partial charge in [-0.2, -0.15) is 0 Å². The van der Waals surface area contributed by atoms with Crippen molar-refractivity contribution in [2.75, 3.05) is 26.9 Å². The van der Waals surface area contributed by atoms with Crippen molar-refractivity contribution in [1.82, 2.24) is 5.32 Å². The van der Waals surface area contributed by atoms with Crippen LogP contribution in [0.1, 0.15) is 24.5 Å². The Morgan fingerprint density at radius 2 is 2.04 bits per heavy atom. The number of hydrogen-bond donors (Lipinski definition) is 1. The van der Waals surface area contributed by atoms with E-state index in [9.17, 15) is 4.39 Å². The van der Waals surface area contributed by atoms with Crippen LogP contribution in [0.15, 0.2) is 34.8 Å². The van der Waals surface area contributed by atoms with Crippen LogP contribution in [0.2, 0.25) is 5.02 Å². The standard InChI is InChI=1S/C20H24BrClFNO3/c1-3-26-19-11-14(12-24-8-5-9-25-2)10-16(21)20(19)27-13-15-17(22)6-4-7-18(15)23/h4,6-7,10-11,24H,3,5,8-9,12-13H2,1-2H3. The number of methoxy groups -OCH3 is 1. The molecule has 0 heterocycles. The first kappa shape index (κ1) is 22.0. The van der Waals surface area contributed by atoms with Gasteiger partial charge in [0.1, 0.15) is 12.4 Å². The topological polar surface area (TPSA) is 39.7 Å². The Bertz CT molecular complexity index is 725. The van der Waals surface area contributed by atoms with Gasteiger partial charge in [0.15, 0.2) is 11.5 Å². The predicted molar refractivity (Wildman–Crippen MR) is 109 cm³/mol. The molecule has 0 fully saturated rings. The van der Waals surface area contributed by atoms with Crippen LogP contribution in [0, 0.1) is 5.82 Å². The molecule has 2 rings (SSSR count). The van der Waals surface area contributed by atoms with E-state index < -0.39 is 5.82 Å². The lowest BCUT2D eigenvalue weighted by Gasteiger charge is -2.16. The van der Waals surface area contributed by atoms with Crippen LogP contribution in [-0.2, 0) is 17.9 Å². The Balaban J connectivity index is 2.10. The van der Waals surface area contributed by atoms with Gasteiger partial charge in [-0.25, -0.2) is 4.39 Å². The molecule has 2 aromatic rings. The highest BCUT2D eigenvalue weighted by molar-refractivity contribution is 9.10. The summed E-state index contributed by atoms with van der Waals surface area (Å²) in [6.45, 7) is 4.70. The molecule has 0 aliphatic carbocycles.